The number of aryl methyl sites for hydroxylation is 1. The maximum absolute atomic E-state index is 4.27. The summed E-state index contributed by atoms with van der Waals surface area (Å²) in [5, 5.41) is 11.9. The van der Waals surface area contributed by atoms with Gasteiger partial charge in [-0.1, -0.05) is 11.8 Å². The van der Waals surface area contributed by atoms with Crippen LogP contribution < -0.4 is 5.32 Å². The monoisotopic (exact) mass is 198 g/mol. The standard InChI is InChI=1S/C8H14N4S/c1-6-10-8(12-11-6)13-7-3-2-4-9-5-7/h7,9H,2-5H2,1H3,(H,10,11,12). The van der Waals surface area contributed by atoms with Gasteiger partial charge in [-0.15, -0.1) is 5.10 Å². The molecule has 4 nitrogen and oxygen atoms in total. The van der Waals surface area contributed by atoms with Gasteiger partial charge >= 0.3 is 0 Å². The minimum absolute atomic E-state index is 0.643. The third kappa shape index (κ3) is 2.45. The number of hydrogen-bond acceptors (Lipinski definition) is 4. The van der Waals surface area contributed by atoms with Crippen molar-refractivity contribution in [2.75, 3.05) is 13.1 Å². The Bertz CT molecular complexity index is 267. The fourth-order valence-electron chi connectivity index (χ4n) is 1.44. The van der Waals surface area contributed by atoms with Crippen molar-refractivity contribution >= 4 is 11.8 Å². The van der Waals surface area contributed by atoms with E-state index in [2.05, 4.69) is 20.5 Å². The molecule has 0 amide bonds. The predicted octanol–water partition coefficient (Wildman–Crippen LogP) is 0.957. The fourth-order valence-corrected chi connectivity index (χ4v) is 2.52. The van der Waals surface area contributed by atoms with Gasteiger partial charge in [0.25, 0.3) is 0 Å². The zero-order valence-corrected chi connectivity index (χ0v) is 8.52. The van der Waals surface area contributed by atoms with Crippen molar-refractivity contribution in [2.24, 2.45) is 0 Å². The van der Waals surface area contributed by atoms with Crippen LogP contribution in [0, 0.1) is 6.92 Å². The summed E-state index contributed by atoms with van der Waals surface area (Å²) in [7, 11) is 0. The fraction of sp³-hybridized carbons (Fsp3) is 0.750. The van der Waals surface area contributed by atoms with Crippen molar-refractivity contribution in [1.82, 2.24) is 20.5 Å². The van der Waals surface area contributed by atoms with Crippen molar-refractivity contribution in [1.29, 1.82) is 0 Å². The van der Waals surface area contributed by atoms with Crippen molar-refractivity contribution in [3.8, 4) is 0 Å². The molecule has 1 fully saturated rings. The van der Waals surface area contributed by atoms with Crippen molar-refractivity contribution in [3.63, 3.8) is 0 Å². The van der Waals surface area contributed by atoms with Crippen molar-refractivity contribution in [3.05, 3.63) is 5.82 Å². The molecule has 0 aromatic carbocycles. The molecule has 1 aromatic heterocycles. The zero-order valence-electron chi connectivity index (χ0n) is 7.71. The molecule has 0 radical (unpaired) electrons. The molecule has 1 atom stereocenters. The van der Waals surface area contributed by atoms with Crippen LogP contribution >= 0.6 is 11.8 Å². The highest BCUT2D eigenvalue weighted by molar-refractivity contribution is 7.99. The highest BCUT2D eigenvalue weighted by atomic mass is 32.2. The van der Waals surface area contributed by atoms with Gasteiger partial charge in [-0.05, 0) is 26.3 Å². The summed E-state index contributed by atoms with van der Waals surface area (Å²) in [5.41, 5.74) is 0. The number of aromatic nitrogens is 3. The van der Waals surface area contributed by atoms with Gasteiger partial charge in [0.1, 0.15) is 5.82 Å². The number of nitrogens with zero attached hydrogens (tertiary/aromatic N) is 2. The van der Waals surface area contributed by atoms with Gasteiger partial charge in [-0.3, -0.25) is 5.10 Å². The van der Waals surface area contributed by atoms with Crippen LogP contribution in [0.25, 0.3) is 0 Å². The molecule has 1 aliphatic rings. The summed E-state index contributed by atoms with van der Waals surface area (Å²) in [6, 6.07) is 0. The second kappa shape index (κ2) is 4.11. The predicted molar refractivity (Wildman–Crippen MR) is 52.9 cm³/mol. The molecule has 0 spiro atoms. The number of nitrogens with one attached hydrogen (secondary N) is 2. The Morgan fingerprint density at radius 2 is 2.46 bits per heavy atom. The highest BCUT2D eigenvalue weighted by Crippen LogP contribution is 2.23. The van der Waals surface area contributed by atoms with Crippen LogP contribution in [0.3, 0.4) is 0 Å². The maximum Gasteiger partial charge on any atom is 0.208 e. The van der Waals surface area contributed by atoms with Crippen LogP contribution in [0.15, 0.2) is 5.16 Å². The molecule has 0 aliphatic carbocycles. The summed E-state index contributed by atoms with van der Waals surface area (Å²) in [6.07, 6.45) is 2.53. The molecule has 13 heavy (non-hydrogen) atoms. The van der Waals surface area contributed by atoms with Gasteiger partial charge in [-0.25, -0.2) is 4.98 Å². The van der Waals surface area contributed by atoms with Crippen molar-refractivity contribution < 1.29 is 0 Å². The number of thioether (sulfide) groups is 1. The lowest BCUT2D eigenvalue weighted by Crippen LogP contribution is -2.31. The molecular weight excluding hydrogens is 184 g/mol. The summed E-state index contributed by atoms with van der Waals surface area (Å²) in [6.45, 7) is 4.17. The van der Waals surface area contributed by atoms with E-state index in [1.54, 1.807) is 11.8 Å². The van der Waals surface area contributed by atoms with Gasteiger partial charge in [0.05, 0.1) is 0 Å². The third-order valence-electron chi connectivity index (χ3n) is 2.10. The van der Waals surface area contributed by atoms with E-state index in [1.807, 2.05) is 6.92 Å². The van der Waals surface area contributed by atoms with Crippen LogP contribution in [0.1, 0.15) is 18.7 Å². The molecule has 2 heterocycles. The van der Waals surface area contributed by atoms with Crippen molar-refractivity contribution in [2.45, 2.75) is 30.2 Å². The summed E-state index contributed by atoms with van der Waals surface area (Å²) in [5.74, 6) is 0.895. The average molecular weight is 198 g/mol. The van der Waals surface area contributed by atoms with Gasteiger partial charge < -0.3 is 5.32 Å². The molecule has 0 saturated carbocycles. The Morgan fingerprint density at radius 3 is 3.08 bits per heavy atom. The second-order valence-corrected chi connectivity index (χ2v) is 4.56. The van der Waals surface area contributed by atoms with Crippen LogP contribution in [-0.4, -0.2) is 33.5 Å². The SMILES string of the molecule is Cc1nc(SC2CCCNC2)n[nH]1. The molecule has 2 rings (SSSR count). The molecular formula is C8H14N4S. The third-order valence-corrected chi connectivity index (χ3v) is 3.23. The van der Waals surface area contributed by atoms with Crippen LogP contribution in [0.2, 0.25) is 0 Å². The Balaban J connectivity index is 1.89. The highest BCUT2D eigenvalue weighted by Gasteiger charge is 2.15. The molecule has 1 unspecified atom stereocenters. The molecule has 2 N–H and O–H groups in total. The summed E-state index contributed by atoms with van der Waals surface area (Å²) >= 11 is 1.77. The summed E-state index contributed by atoms with van der Waals surface area (Å²) in [4.78, 5) is 4.27. The van der Waals surface area contributed by atoms with E-state index in [4.69, 9.17) is 0 Å². The van der Waals surface area contributed by atoms with E-state index in [9.17, 15) is 0 Å². The second-order valence-electron chi connectivity index (χ2n) is 3.29. The quantitative estimate of drug-likeness (QED) is 0.743. The molecule has 1 saturated heterocycles. The maximum atomic E-state index is 4.27. The smallest absolute Gasteiger partial charge is 0.208 e. The van der Waals surface area contributed by atoms with E-state index in [1.165, 1.54) is 12.8 Å². The Kier molecular flexibility index (Phi) is 2.85. The number of hydrogen-bond donors (Lipinski definition) is 2. The number of piperidine rings is 1. The number of rotatable bonds is 2. The Morgan fingerprint density at radius 1 is 1.54 bits per heavy atom. The van der Waals surface area contributed by atoms with Gasteiger partial charge in [0, 0.05) is 11.8 Å². The molecule has 1 aliphatic heterocycles. The lowest BCUT2D eigenvalue weighted by Gasteiger charge is -2.20. The van der Waals surface area contributed by atoms with Crippen LogP contribution in [0.4, 0.5) is 0 Å². The Hall–Kier alpha value is -0.550. The average Bonchev–Trinajstić information content (AvgIpc) is 2.53. The topological polar surface area (TPSA) is 53.6 Å². The van der Waals surface area contributed by atoms with Gasteiger partial charge in [-0.2, -0.15) is 0 Å². The molecule has 0 bridgehead atoms. The van der Waals surface area contributed by atoms with E-state index in [0.717, 1.165) is 24.1 Å². The van der Waals surface area contributed by atoms with E-state index < -0.39 is 0 Å². The minimum Gasteiger partial charge on any atom is -0.316 e. The van der Waals surface area contributed by atoms with E-state index >= 15 is 0 Å². The zero-order chi connectivity index (χ0) is 9.10. The van der Waals surface area contributed by atoms with Crippen LogP contribution in [0.5, 0.6) is 0 Å². The summed E-state index contributed by atoms with van der Waals surface area (Å²) < 4.78 is 0. The number of H-pyrrole nitrogens is 1. The first-order chi connectivity index (χ1) is 6.34. The van der Waals surface area contributed by atoms with E-state index in [0.29, 0.717) is 5.25 Å². The lowest BCUT2D eigenvalue weighted by atomic mass is 10.2. The lowest BCUT2D eigenvalue weighted by molar-refractivity contribution is 0.530. The first-order valence-electron chi connectivity index (χ1n) is 4.61. The van der Waals surface area contributed by atoms with E-state index in [-0.39, 0.29) is 0 Å². The molecule has 72 valence electrons. The minimum atomic E-state index is 0.643. The van der Waals surface area contributed by atoms with Gasteiger partial charge in [0.15, 0.2) is 0 Å². The first kappa shape index (κ1) is 9.02. The van der Waals surface area contributed by atoms with Gasteiger partial charge in [0.2, 0.25) is 5.16 Å². The number of aromatic amines is 1. The Labute approximate surface area is 81.9 Å². The first-order valence-corrected chi connectivity index (χ1v) is 5.49. The largest absolute Gasteiger partial charge is 0.316 e. The van der Waals surface area contributed by atoms with Crippen LogP contribution in [-0.2, 0) is 0 Å². The normalized spacial score (nSPS) is 23.3. The molecule has 1 aromatic rings. The molecule has 5 heteroatoms.